The van der Waals surface area contributed by atoms with Crippen LogP contribution >= 0.6 is 0 Å². The summed E-state index contributed by atoms with van der Waals surface area (Å²) in [5, 5.41) is 4.17. The van der Waals surface area contributed by atoms with Gasteiger partial charge in [0.15, 0.2) is 0 Å². The topological polar surface area (TPSA) is 147 Å². The fraction of sp³-hybridized carbons (Fsp3) is 0.310. The van der Waals surface area contributed by atoms with E-state index in [0.29, 0.717) is 0 Å². The number of rotatable bonds is 8. The SMILES string of the molecule is Cc1ccc(S(=O)(=O)O)cc1.Cc1ccc(S(=O)(=O)OC[C@@H]2CO[C@@](Cn3cncn3)(c3ccc(C)cc3C)O2)cc1.[2H][3H].[3H][3H]. The van der Waals surface area contributed by atoms with Gasteiger partial charge in [0.25, 0.3) is 20.2 Å². The van der Waals surface area contributed by atoms with Crippen molar-refractivity contribution < 1.29 is 41.0 Å². The molecule has 13 heteroatoms. The zero-order valence-electron chi connectivity index (χ0n) is 27.7. The Balaban J connectivity index is 0.000000411. The molecule has 0 spiro atoms. The second-order valence-corrected chi connectivity index (χ2v) is 13.1. The van der Waals surface area contributed by atoms with Crippen LogP contribution in [-0.4, -0.2) is 55.5 Å². The summed E-state index contributed by atoms with van der Waals surface area (Å²) in [6.07, 6.45) is 2.47. The van der Waals surface area contributed by atoms with E-state index < -0.39 is 32.1 Å². The van der Waals surface area contributed by atoms with Gasteiger partial charge in [-0.05, 0) is 57.5 Å². The largest absolute Gasteiger partial charge is 0.342 e. The van der Waals surface area contributed by atoms with Crippen LogP contribution in [0.4, 0.5) is 0 Å². The van der Waals surface area contributed by atoms with E-state index in [1.54, 1.807) is 35.3 Å². The summed E-state index contributed by atoms with van der Waals surface area (Å²) in [6.45, 7) is 8.05. The van der Waals surface area contributed by atoms with Crippen LogP contribution in [0.3, 0.4) is 0 Å². The van der Waals surface area contributed by atoms with E-state index in [0.717, 1.165) is 27.8 Å². The molecule has 1 aromatic heterocycles. The van der Waals surface area contributed by atoms with Crippen molar-refractivity contribution in [2.75, 3.05) is 13.2 Å². The lowest BCUT2D eigenvalue weighted by atomic mass is 9.98. The summed E-state index contributed by atoms with van der Waals surface area (Å²) in [5.74, 6) is -1.12. The van der Waals surface area contributed by atoms with Gasteiger partial charge in [-0.1, -0.05) is 59.2 Å². The van der Waals surface area contributed by atoms with Gasteiger partial charge >= 0.3 is 0 Å². The second kappa shape index (κ2) is 12.8. The Labute approximate surface area is 252 Å². The highest BCUT2D eigenvalue weighted by atomic mass is 32.2. The van der Waals surface area contributed by atoms with Crippen molar-refractivity contribution in [1.29, 1.82) is 0 Å². The quantitative estimate of drug-likeness (QED) is 0.217. The van der Waals surface area contributed by atoms with Gasteiger partial charge in [0, 0.05) is 11.5 Å². The molecular weight excluding hydrogens is 582 g/mol. The van der Waals surface area contributed by atoms with Crippen molar-refractivity contribution >= 4 is 20.2 Å². The van der Waals surface area contributed by atoms with Crippen molar-refractivity contribution in [2.45, 2.75) is 55.9 Å². The summed E-state index contributed by atoms with van der Waals surface area (Å²) < 4.78 is 94.0. The number of benzene rings is 3. The molecule has 1 saturated heterocycles. The van der Waals surface area contributed by atoms with Crippen LogP contribution in [0.25, 0.3) is 0 Å². The molecule has 5 rings (SSSR count). The molecule has 1 aliphatic rings. The Morgan fingerprint density at radius 1 is 1.00 bits per heavy atom. The maximum atomic E-state index is 12.5. The minimum absolute atomic E-state index is 0.0666. The Morgan fingerprint density at radius 2 is 1.60 bits per heavy atom. The first kappa shape index (κ1) is 28.6. The average molecular weight is 627 g/mol. The number of ether oxygens (including phenoxy) is 2. The van der Waals surface area contributed by atoms with Crippen LogP contribution in [0.15, 0.2) is 89.2 Å². The summed E-state index contributed by atoms with van der Waals surface area (Å²) in [6, 6.07) is 18.5. The summed E-state index contributed by atoms with van der Waals surface area (Å²) >= 11 is 0. The van der Waals surface area contributed by atoms with Crippen LogP contribution in [0.5, 0.6) is 0 Å². The molecule has 0 saturated carbocycles. The molecule has 0 bridgehead atoms. The van der Waals surface area contributed by atoms with Crippen LogP contribution in [0.1, 0.15) is 33.8 Å². The highest BCUT2D eigenvalue weighted by molar-refractivity contribution is 7.86. The number of hydrogen-bond acceptors (Lipinski definition) is 9. The first-order valence-corrected chi connectivity index (χ1v) is 15.8. The molecule has 4 aromatic rings. The van der Waals surface area contributed by atoms with Crippen molar-refractivity contribution in [1.82, 2.24) is 14.8 Å². The first-order chi connectivity index (χ1) is 21.8. The molecule has 0 aliphatic carbocycles. The van der Waals surface area contributed by atoms with Gasteiger partial charge in [-0.2, -0.15) is 21.9 Å². The fourth-order valence-electron chi connectivity index (χ4n) is 4.37. The Morgan fingerprint density at radius 3 is 2.14 bits per heavy atom. The molecular formula is C29H37N3O8S2. The molecule has 0 amide bonds. The van der Waals surface area contributed by atoms with Gasteiger partial charge in [-0.3, -0.25) is 8.74 Å². The predicted molar refractivity (Wildman–Crippen MR) is 158 cm³/mol. The minimum Gasteiger partial charge on any atom is -0.342 e. The van der Waals surface area contributed by atoms with E-state index in [1.165, 1.54) is 30.6 Å². The lowest BCUT2D eigenvalue weighted by Gasteiger charge is -2.30. The van der Waals surface area contributed by atoms with Gasteiger partial charge in [-0.15, -0.1) is 0 Å². The summed E-state index contributed by atoms with van der Waals surface area (Å²) in [7, 11) is -7.91. The van der Waals surface area contributed by atoms with E-state index in [4.69, 9.17) is 24.1 Å². The molecule has 1 N–H and O–H groups in total. The van der Waals surface area contributed by atoms with E-state index >= 15 is 0 Å². The predicted octanol–water partition coefficient (Wildman–Crippen LogP) is 4.61. The van der Waals surface area contributed by atoms with E-state index in [1.807, 2.05) is 39.8 Å². The maximum absolute atomic E-state index is 12.5. The molecule has 1 fully saturated rings. The van der Waals surface area contributed by atoms with Gasteiger partial charge in [-0.25, -0.2) is 9.67 Å². The summed E-state index contributed by atoms with van der Waals surface area (Å²) in [4.78, 5) is 4.03. The lowest BCUT2D eigenvalue weighted by molar-refractivity contribution is -0.191. The molecule has 0 radical (unpaired) electrons. The Hall–Kier alpha value is -3.46. The first-order valence-electron chi connectivity index (χ1n) is 15.0. The highest BCUT2D eigenvalue weighted by Crippen LogP contribution is 2.38. The molecule has 228 valence electrons. The molecule has 3 aromatic carbocycles. The number of aromatic nitrogens is 3. The fourth-order valence-corrected chi connectivity index (χ4v) is 5.79. The normalized spacial score (nSPS) is 19.2. The Kier molecular flexibility index (Phi) is 8.74. The third-order valence-electron chi connectivity index (χ3n) is 6.53. The number of hydrogen-bond donors (Lipinski definition) is 1. The van der Waals surface area contributed by atoms with Gasteiger partial charge in [0.2, 0.25) is 5.79 Å². The monoisotopic (exact) mass is 626 g/mol. The molecule has 2 atom stereocenters. The van der Waals surface area contributed by atoms with Crippen molar-refractivity contribution in [3.63, 3.8) is 0 Å². The maximum Gasteiger partial charge on any atom is 0.297 e. The number of aryl methyl sites for hydroxylation is 4. The second-order valence-electron chi connectivity index (χ2n) is 10.1. The van der Waals surface area contributed by atoms with Crippen molar-refractivity contribution in [2.24, 2.45) is 0 Å². The van der Waals surface area contributed by atoms with Crippen molar-refractivity contribution in [3.8, 4) is 0 Å². The average Bonchev–Trinajstić information content (AvgIpc) is 3.69. The standard InChI is InChI=1S/C22H25N3O5S.C7H8O3S.2H2/c1-16-4-7-20(8-5-16)31(26,27)29-12-19-11-28-22(30-19,13-25-15-23-14-24-25)21-9-6-17(2)10-18(21)3;1-6-2-4-7(5-3-6)11(8,9)10;;/h4-10,14-15,19H,11-13H2,1-3H3;2-5H,1H3,(H,8,9,10);2*1H/t19-,22+;;;/m0.../s1/i;;1+2T;1+2D. The van der Waals surface area contributed by atoms with Crippen LogP contribution in [0, 0.1) is 27.7 Å². The Bertz CT molecular complexity index is 1730. The zero-order valence-corrected chi connectivity index (χ0v) is 25.3. The third kappa shape index (κ3) is 7.88. The van der Waals surface area contributed by atoms with E-state index in [9.17, 15) is 16.8 Å². The molecule has 11 nitrogen and oxygen atoms in total. The van der Waals surface area contributed by atoms with Crippen LogP contribution < -0.4 is 0 Å². The molecule has 42 heavy (non-hydrogen) atoms. The number of nitrogens with zero attached hydrogens (tertiary/aromatic N) is 3. The zero-order chi connectivity index (χ0) is 34.5. The lowest BCUT2D eigenvalue weighted by Crippen LogP contribution is -2.35. The summed E-state index contributed by atoms with van der Waals surface area (Å²) in [5.41, 5.74) is 4.92. The molecule has 0 unspecified atom stereocenters. The molecule has 2 heterocycles. The van der Waals surface area contributed by atoms with Crippen LogP contribution in [-0.2, 0) is 46.2 Å². The van der Waals surface area contributed by atoms with Gasteiger partial charge in [0.1, 0.15) is 25.3 Å². The smallest absolute Gasteiger partial charge is 0.297 e. The van der Waals surface area contributed by atoms with Crippen LogP contribution in [0.2, 0.25) is 0 Å². The van der Waals surface area contributed by atoms with Crippen molar-refractivity contribution in [3.05, 3.63) is 107 Å². The highest BCUT2D eigenvalue weighted by Gasteiger charge is 2.45. The van der Waals surface area contributed by atoms with Gasteiger partial charge < -0.3 is 9.47 Å². The minimum atomic E-state index is -4.02. The third-order valence-corrected chi connectivity index (χ3v) is 8.69. The van der Waals surface area contributed by atoms with E-state index in [-0.39, 0.29) is 29.5 Å². The van der Waals surface area contributed by atoms with Gasteiger partial charge in [0.05, 0.1) is 23.0 Å². The van der Waals surface area contributed by atoms with E-state index in [2.05, 4.69) is 16.1 Å². The molecule has 1 aliphatic heterocycles.